The van der Waals surface area contributed by atoms with Crippen LogP contribution in [0, 0.1) is 0 Å². The van der Waals surface area contributed by atoms with E-state index in [1.165, 1.54) is 6.92 Å². The first-order chi connectivity index (χ1) is 14.3. The quantitative estimate of drug-likeness (QED) is 0.436. The Morgan fingerprint density at radius 3 is 2.53 bits per heavy atom. The molecule has 2 amide bonds. The van der Waals surface area contributed by atoms with Gasteiger partial charge in [0.05, 0.1) is 6.61 Å². The molecule has 0 saturated carbocycles. The van der Waals surface area contributed by atoms with Gasteiger partial charge in [-0.25, -0.2) is 0 Å². The van der Waals surface area contributed by atoms with Gasteiger partial charge in [0.2, 0.25) is 18.1 Å². The van der Waals surface area contributed by atoms with Crippen molar-refractivity contribution in [1.29, 1.82) is 0 Å². The van der Waals surface area contributed by atoms with E-state index in [1.807, 2.05) is 0 Å². The standard InChI is InChI=1S/C21H24N2O7/c1-11(25)23-17-19(27)18(26)16(10-24)30-21(17)29-15-8-3-2-7-14(15)12-5-4-6-13(9-12)20(22)28/h2-9,16-19,21,24,26-27H,10H2,1H3,(H2,22,28)(H,23,25). The summed E-state index contributed by atoms with van der Waals surface area (Å²) in [5.41, 5.74) is 6.97. The summed E-state index contributed by atoms with van der Waals surface area (Å²) in [7, 11) is 0. The number of para-hydroxylation sites is 1. The van der Waals surface area contributed by atoms with E-state index in [2.05, 4.69) is 5.32 Å². The third-order valence-corrected chi connectivity index (χ3v) is 4.84. The molecule has 30 heavy (non-hydrogen) atoms. The number of ether oxygens (including phenoxy) is 2. The molecule has 1 aliphatic heterocycles. The molecular formula is C21H24N2O7. The van der Waals surface area contributed by atoms with Gasteiger partial charge in [0, 0.05) is 18.1 Å². The van der Waals surface area contributed by atoms with Crippen LogP contribution in [0.5, 0.6) is 5.75 Å². The van der Waals surface area contributed by atoms with Crippen LogP contribution in [0.25, 0.3) is 11.1 Å². The van der Waals surface area contributed by atoms with Gasteiger partial charge >= 0.3 is 0 Å². The van der Waals surface area contributed by atoms with E-state index < -0.39 is 49.1 Å². The molecule has 0 bridgehead atoms. The van der Waals surface area contributed by atoms with Crippen LogP contribution in [-0.2, 0) is 9.53 Å². The van der Waals surface area contributed by atoms with Gasteiger partial charge < -0.3 is 35.8 Å². The van der Waals surface area contributed by atoms with Crippen molar-refractivity contribution in [3.05, 3.63) is 54.1 Å². The molecule has 1 fully saturated rings. The molecule has 9 heteroatoms. The van der Waals surface area contributed by atoms with Crippen molar-refractivity contribution < 1.29 is 34.4 Å². The van der Waals surface area contributed by atoms with Crippen LogP contribution < -0.4 is 15.8 Å². The predicted molar refractivity (Wildman–Crippen MR) is 106 cm³/mol. The van der Waals surface area contributed by atoms with E-state index in [0.29, 0.717) is 22.4 Å². The fourth-order valence-electron chi connectivity index (χ4n) is 3.34. The zero-order valence-corrected chi connectivity index (χ0v) is 16.3. The second-order valence-corrected chi connectivity index (χ2v) is 6.99. The van der Waals surface area contributed by atoms with Crippen LogP contribution in [0.15, 0.2) is 48.5 Å². The lowest BCUT2D eigenvalue weighted by Crippen LogP contribution is -2.65. The van der Waals surface area contributed by atoms with Crippen LogP contribution >= 0.6 is 0 Å². The number of primary amides is 1. The van der Waals surface area contributed by atoms with Crippen LogP contribution in [-0.4, -0.2) is 64.4 Å². The summed E-state index contributed by atoms with van der Waals surface area (Å²) in [6.45, 7) is 0.713. The van der Waals surface area contributed by atoms with E-state index in [-0.39, 0.29) is 0 Å². The Bertz CT molecular complexity index is 920. The van der Waals surface area contributed by atoms with Gasteiger partial charge in [-0.15, -0.1) is 0 Å². The van der Waals surface area contributed by atoms with Gasteiger partial charge in [-0.05, 0) is 23.8 Å². The predicted octanol–water partition coefficient (Wildman–Crippen LogP) is -0.225. The van der Waals surface area contributed by atoms with Crippen molar-refractivity contribution in [2.75, 3.05) is 6.61 Å². The monoisotopic (exact) mass is 416 g/mol. The minimum absolute atomic E-state index is 0.325. The van der Waals surface area contributed by atoms with Crippen LogP contribution in [0.1, 0.15) is 17.3 Å². The fraction of sp³-hybridized carbons (Fsp3) is 0.333. The molecule has 1 saturated heterocycles. The molecule has 0 aliphatic carbocycles. The van der Waals surface area contributed by atoms with Crippen molar-refractivity contribution in [3.8, 4) is 16.9 Å². The third-order valence-electron chi connectivity index (χ3n) is 4.84. The Labute approximate surface area is 173 Å². The molecule has 1 aliphatic rings. The van der Waals surface area contributed by atoms with Gasteiger partial charge in [0.15, 0.2) is 0 Å². The number of rotatable bonds is 6. The number of benzene rings is 2. The molecular weight excluding hydrogens is 392 g/mol. The van der Waals surface area contributed by atoms with Crippen molar-refractivity contribution in [2.24, 2.45) is 5.73 Å². The van der Waals surface area contributed by atoms with E-state index in [0.717, 1.165) is 0 Å². The van der Waals surface area contributed by atoms with E-state index in [4.69, 9.17) is 15.2 Å². The molecule has 2 aromatic rings. The average Bonchev–Trinajstić information content (AvgIpc) is 2.73. The smallest absolute Gasteiger partial charge is 0.248 e. The Morgan fingerprint density at radius 1 is 1.13 bits per heavy atom. The molecule has 2 aromatic carbocycles. The lowest BCUT2D eigenvalue weighted by molar-refractivity contribution is -0.244. The second-order valence-electron chi connectivity index (χ2n) is 6.99. The third kappa shape index (κ3) is 4.60. The molecule has 5 unspecified atom stereocenters. The molecule has 3 rings (SSSR count). The highest BCUT2D eigenvalue weighted by atomic mass is 16.7. The number of aliphatic hydroxyl groups is 3. The molecule has 0 spiro atoms. The van der Waals surface area contributed by atoms with Crippen LogP contribution in [0.2, 0.25) is 0 Å². The maximum Gasteiger partial charge on any atom is 0.248 e. The van der Waals surface area contributed by atoms with E-state index in [1.54, 1.807) is 48.5 Å². The minimum Gasteiger partial charge on any atom is -0.462 e. The molecule has 6 N–H and O–H groups in total. The van der Waals surface area contributed by atoms with Gasteiger partial charge in [-0.2, -0.15) is 0 Å². The van der Waals surface area contributed by atoms with Crippen molar-refractivity contribution in [2.45, 2.75) is 37.6 Å². The number of aliphatic hydroxyl groups excluding tert-OH is 3. The topological polar surface area (TPSA) is 151 Å². The summed E-state index contributed by atoms with van der Waals surface area (Å²) < 4.78 is 11.6. The second kappa shape index (κ2) is 9.23. The van der Waals surface area contributed by atoms with Crippen LogP contribution in [0.4, 0.5) is 0 Å². The van der Waals surface area contributed by atoms with E-state index in [9.17, 15) is 24.9 Å². The van der Waals surface area contributed by atoms with Gasteiger partial charge in [-0.3, -0.25) is 9.59 Å². The number of nitrogens with one attached hydrogen (secondary N) is 1. The average molecular weight is 416 g/mol. The summed E-state index contributed by atoms with van der Waals surface area (Å²) in [6.07, 6.45) is -5.12. The largest absolute Gasteiger partial charge is 0.462 e. The number of hydrogen-bond donors (Lipinski definition) is 5. The van der Waals surface area contributed by atoms with Crippen molar-refractivity contribution >= 4 is 11.8 Å². The van der Waals surface area contributed by atoms with Gasteiger partial charge in [0.25, 0.3) is 0 Å². The molecule has 0 aromatic heterocycles. The number of nitrogens with two attached hydrogens (primary N) is 1. The number of carbonyl (C=O) groups excluding carboxylic acids is 2. The van der Waals surface area contributed by atoms with Crippen molar-refractivity contribution in [1.82, 2.24) is 5.32 Å². The summed E-state index contributed by atoms with van der Waals surface area (Å²) in [6, 6.07) is 12.5. The fourth-order valence-corrected chi connectivity index (χ4v) is 3.34. The molecule has 1 heterocycles. The number of hydrogen-bond acceptors (Lipinski definition) is 7. The van der Waals surface area contributed by atoms with Crippen molar-refractivity contribution in [3.63, 3.8) is 0 Å². The van der Waals surface area contributed by atoms with Crippen LogP contribution in [0.3, 0.4) is 0 Å². The highest BCUT2D eigenvalue weighted by molar-refractivity contribution is 5.94. The highest BCUT2D eigenvalue weighted by Gasteiger charge is 2.46. The number of carbonyl (C=O) groups is 2. The SMILES string of the molecule is CC(=O)NC1C(Oc2ccccc2-c2cccc(C(N)=O)c2)OC(CO)C(O)C1O. The minimum atomic E-state index is -1.42. The summed E-state index contributed by atoms with van der Waals surface area (Å²) >= 11 is 0. The Balaban J connectivity index is 1.95. The molecule has 160 valence electrons. The van der Waals surface area contributed by atoms with Gasteiger partial charge in [-0.1, -0.05) is 30.3 Å². The lowest BCUT2D eigenvalue weighted by atomic mass is 9.96. The summed E-state index contributed by atoms with van der Waals surface area (Å²) in [5, 5.41) is 32.5. The molecule has 0 radical (unpaired) electrons. The molecule has 9 nitrogen and oxygen atoms in total. The highest BCUT2D eigenvalue weighted by Crippen LogP contribution is 2.33. The van der Waals surface area contributed by atoms with E-state index >= 15 is 0 Å². The summed E-state index contributed by atoms with van der Waals surface area (Å²) in [4.78, 5) is 23.1. The first kappa shape index (κ1) is 21.7. The summed E-state index contributed by atoms with van der Waals surface area (Å²) in [5.74, 6) is -0.674. The Hall–Kier alpha value is -2.98. The zero-order valence-electron chi connectivity index (χ0n) is 16.3. The lowest BCUT2D eigenvalue weighted by Gasteiger charge is -2.42. The Kier molecular flexibility index (Phi) is 6.68. The normalized spacial score (nSPS) is 26.1. The Morgan fingerprint density at radius 2 is 1.87 bits per heavy atom. The number of amides is 2. The zero-order chi connectivity index (χ0) is 21.8. The first-order valence-corrected chi connectivity index (χ1v) is 9.37. The first-order valence-electron chi connectivity index (χ1n) is 9.37. The maximum absolute atomic E-state index is 11.6. The molecule has 5 atom stereocenters. The van der Waals surface area contributed by atoms with Gasteiger partial charge in [0.1, 0.15) is 30.1 Å². The maximum atomic E-state index is 11.6.